The van der Waals surface area contributed by atoms with E-state index < -0.39 is 11.8 Å². The van der Waals surface area contributed by atoms with Gasteiger partial charge in [0.05, 0.1) is 0 Å². The number of nitrogens with zero attached hydrogens (tertiary/aromatic N) is 1. The Morgan fingerprint density at radius 1 is 1.45 bits per heavy atom. The number of carbonyl (C=O) groups is 2. The lowest BCUT2D eigenvalue weighted by Crippen LogP contribution is -2.29. The van der Waals surface area contributed by atoms with Crippen LogP contribution < -0.4 is 5.32 Å². The van der Waals surface area contributed by atoms with Crippen LogP contribution in [0.15, 0.2) is 11.9 Å². The smallest absolute Gasteiger partial charge is 0.304 e. The molecule has 0 aromatic carbocycles. The lowest BCUT2D eigenvalue weighted by molar-refractivity contribution is -0.140. The van der Waals surface area contributed by atoms with Crippen molar-refractivity contribution in [3.05, 3.63) is 11.9 Å². The highest BCUT2D eigenvalue weighted by Gasteiger charge is 2.34. The van der Waals surface area contributed by atoms with Crippen molar-refractivity contribution in [2.24, 2.45) is 0 Å². The summed E-state index contributed by atoms with van der Waals surface area (Å²) in [5.41, 5.74) is 0. The van der Waals surface area contributed by atoms with Crippen LogP contribution in [0.3, 0.4) is 0 Å². The second-order valence-electron chi connectivity index (χ2n) is 2.64. The average Bonchev–Trinajstić information content (AvgIpc) is 2.30. The standard InChI is InChI=1S/C7H8N2O2/c10-6-7(11)9-4-2-1-3-5(9)8-6/h3H,1-2,4H2,(H,8,10). The molecular weight excluding hydrogens is 144 g/mol. The number of nitrogens with one attached hydrogen (secondary N) is 1. The van der Waals surface area contributed by atoms with E-state index in [0.29, 0.717) is 12.4 Å². The second kappa shape index (κ2) is 2.08. The summed E-state index contributed by atoms with van der Waals surface area (Å²) in [5.74, 6) is -0.250. The van der Waals surface area contributed by atoms with E-state index in [2.05, 4.69) is 5.32 Å². The van der Waals surface area contributed by atoms with Gasteiger partial charge in [-0.15, -0.1) is 0 Å². The zero-order chi connectivity index (χ0) is 7.84. The first-order valence-electron chi connectivity index (χ1n) is 3.62. The van der Waals surface area contributed by atoms with E-state index >= 15 is 0 Å². The Labute approximate surface area is 63.9 Å². The van der Waals surface area contributed by atoms with E-state index in [4.69, 9.17) is 0 Å². The number of rotatable bonds is 0. The maximum Gasteiger partial charge on any atom is 0.317 e. The van der Waals surface area contributed by atoms with E-state index in [0.717, 1.165) is 12.8 Å². The fourth-order valence-electron chi connectivity index (χ4n) is 1.34. The van der Waals surface area contributed by atoms with Crippen molar-refractivity contribution in [2.75, 3.05) is 6.54 Å². The molecule has 0 unspecified atom stereocenters. The number of allylic oxidation sites excluding steroid dienone is 1. The van der Waals surface area contributed by atoms with E-state index in [1.54, 1.807) is 0 Å². The van der Waals surface area contributed by atoms with Crippen molar-refractivity contribution < 1.29 is 9.59 Å². The van der Waals surface area contributed by atoms with Crippen LogP contribution in [0, 0.1) is 0 Å². The topological polar surface area (TPSA) is 49.4 Å². The number of fused-ring (bicyclic) bond motifs is 1. The first-order chi connectivity index (χ1) is 5.29. The van der Waals surface area contributed by atoms with E-state index in [-0.39, 0.29) is 0 Å². The van der Waals surface area contributed by atoms with Crippen LogP contribution in [0.5, 0.6) is 0 Å². The van der Waals surface area contributed by atoms with Crippen LogP contribution in [0.25, 0.3) is 0 Å². The Morgan fingerprint density at radius 2 is 2.27 bits per heavy atom. The predicted molar refractivity (Wildman–Crippen MR) is 37.2 cm³/mol. The third-order valence-corrected chi connectivity index (χ3v) is 1.90. The summed E-state index contributed by atoms with van der Waals surface area (Å²) in [6, 6.07) is 0. The molecule has 2 aliphatic rings. The summed E-state index contributed by atoms with van der Waals surface area (Å²) >= 11 is 0. The largest absolute Gasteiger partial charge is 0.317 e. The van der Waals surface area contributed by atoms with Gasteiger partial charge in [0.25, 0.3) is 0 Å². The molecule has 2 heterocycles. The highest BCUT2D eigenvalue weighted by atomic mass is 16.2. The van der Waals surface area contributed by atoms with Crippen LogP contribution >= 0.6 is 0 Å². The van der Waals surface area contributed by atoms with E-state index in [1.165, 1.54) is 4.90 Å². The van der Waals surface area contributed by atoms with Gasteiger partial charge in [0.1, 0.15) is 5.82 Å². The lowest BCUT2D eigenvalue weighted by atomic mass is 10.2. The van der Waals surface area contributed by atoms with Gasteiger partial charge >= 0.3 is 11.8 Å². The molecule has 58 valence electrons. The normalized spacial score (nSPS) is 22.9. The molecule has 0 spiro atoms. The summed E-state index contributed by atoms with van der Waals surface area (Å²) in [7, 11) is 0. The SMILES string of the molecule is O=C1NC2=CCCCN2C1=O. The molecule has 11 heavy (non-hydrogen) atoms. The van der Waals surface area contributed by atoms with Gasteiger partial charge in [-0.05, 0) is 18.9 Å². The zero-order valence-corrected chi connectivity index (χ0v) is 5.96. The maximum atomic E-state index is 11.0. The fraction of sp³-hybridized carbons (Fsp3) is 0.429. The average molecular weight is 152 g/mol. The lowest BCUT2D eigenvalue weighted by Gasteiger charge is -2.18. The van der Waals surface area contributed by atoms with Gasteiger partial charge < -0.3 is 5.32 Å². The molecule has 2 amide bonds. The van der Waals surface area contributed by atoms with Crippen LogP contribution in [-0.2, 0) is 9.59 Å². The van der Waals surface area contributed by atoms with Gasteiger partial charge in [-0.3, -0.25) is 14.5 Å². The van der Waals surface area contributed by atoms with E-state index in [1.807, 2.05) is 6.08 Å². The number of carbonyl (C=O) groups excluding carboxylic acids is 2. The second-order valence-corrected chi connectivity index (χ2v) is 2.64. The molecule has 2 rings (SSSR count). The summed E-state index contributed by atoms with van der Waals surface area (Å²) < 4.78 is 0. The fourth-order valence-corrected chi connectivity index (χ4v) is 1.34. The van der Waals surface area contributed by atoms with Crippen molar-refractivity contribution >= 4 is 11.8 Å². The molecule has 2 aliphatic heterocycles. The molecule has 1 N–H and O–H groups in total. The molecule has 4 heteroatoms. The summed E-state index contributed by atoms with van der Waals surface area (Å²) in [6.07, 6.45) is 3.77. The third kappa shape index (κ3) is 0.824. The van der Waals surface area contributed by atoms with Gasteiger partial charge in [0, 0.05) is 6.54 Å². The molecule has 0 radical (unpaired) electrons. The molecular formula is C7H8N2O2. The predicted octanol–water partition coefficient (Wildman–Crippen LogP) is -0.420. The van der Waals surface area contributed by atoms with Crippen molar-refractivity contribution in [1.82, 2.24) is 10.2 Å². The zero-order valence-electron chi connectivity index (χ0n) is 5.96. The summed E-state index contributed by atoms with van der Waals surface area (Å²) in [4.78, 5) is 23.3. The number of hydrogen-bond donors (Lipinski definition) is 1. The minimum absolute atomic E-state index is 0.420. The van der Waals surface area contributed by atoms with Crippen molar-refractivity contribution in [2.45, 2.75) is 12.8 Å². The first-order valence-corrected chi connectivity index (χ1v) is 3.62. The number of hydrogen-bond acceptors (Lipinski definition) is 2. The van der Waals surface area contributed by atoms with Gasteiger partial charge in [0.15, 0.2) is 0 Å². The Balaban J connectivity index is 2.33. The molecule has 0 aromatic heterocycles. The van der Waals surface area contributed by atoms with Gasteiger partial charge in [0.2, 0.25) is 0 Å². The van der Waals surface area contributed by atoms with Crippen molar-refractivity contribution in [3.63, 3.8) is 0 Å². The Bertz CT molecular complexity index is 257. The van der Waals surface area contributed by atoms with Gasteiger partial charge in [-0.1, -0.05) is 0 Å². The minimum atomic E-state index is -0.502. The monoisotopic (exact) mass is 152 g/mol. The minimum Gasteiger partial charge on any atom is -0.304 e. The molecule has 1 fully saturated rings. The molecule has 4 nitrogen and oxygen atoms in total. The highest BCUT2D eigenvalue weighted by Crippen LogP contribution is 2.16. The molecule has 0 aromatic rings. The maximum absolute atomic E-state index is 11.0. The van der Waals surface area contributed by atoms with Gasteiger partial charge in [-0.25, -0.2) is 0 Å². The van der Waals surface area contributed by atoms with Crippen molar-refractivity contribution in [1.29, 1.82) is 0 Å². The van der Waals surface area contributed by atoms with Crippen LogP contribution in [0.1, 0.15) is 12.8 Å². The molecule has 0 atom stereocenters. The van der Waals surface area contributed by atoms with Gasteiger partial charge in [-0.2, -0.15) is 0 Å². The Kier molecular flexibility index (Phi) is 1.21. The molecule has 1 saturated heterocycles. The molecule has 0 bridgehead atoms. The summed E-state index contributed by atoms with van der Waals surface area (Å²) in [6.45, 7) is 0.670. The first kappa shape index (κ1) is 6.39. The van der Waals surface area contributed by atoms with Crippen LogP contribution in [0.2, 0.25) is 0 Å². The number of amides is 2. The molecule has 0 saturated carbocycles. The van der Waals surface area contributed by atoms with Crippen LogP contribution in [0.4, 0.5) is 0 Å². The third-order valence-electron chi connectivity index (χ3n) is 1.90. The highest BCUT2D eigenvalue weighted by molar-refractivity contribution is 6.38. The van der Waals surface area contributed by atoms with E-state index in [9.17, 15) is 9.59 Å². The summed E-state index contributed by atoms with van der Waals surface area (Å²) in [5, 5.41) is 2.50. The Morgan fingerprint density at radius 3 is 3.00 bits per heavy atom. The Hall–Kier alpha value is -1.32. The van der Waals surface area contributed by atoms with Crippen molar-refractivity contribution in [3.8, 4) is 0 Å². The molecule has 0 aliphatic carbocycles. The van der Waals surface area contributed by atoms with Crippen LogP contribution in [-0.4, -0.2) is 23.3 Å². The quantitative estimate of drug-likeness (QED) is 0.479.